The van der Waals surface area contributed by atoms with E-state index in [1.807, 2.05) is 13.8 Å². The van der Waals surface area contributed by atoms with Crippen LogP contribution in [0.3, 0.4) is 0 Å². The average molecular weight is 929 g/mol. The molecule has 5 aliphatic carbocycles. The van der Waals surface area contributed by atoms with E-state index in [1.54, 1.807) is 0 Å². The zero-order valence-corrected chi connectivity index (χ0v) is 38.7. The van der Waals surface area contributed by atoms with Crippen molar-refractivity contribution in [2.24, 2.45) is 50.7 Å². The first kappa shape index (κ1) is 48.8. The molecule has 0 amide bonds. The largest absolute Gasteiger partial charge is 0.459 e. The third-order valence-corrected chi connectivity index (χ3v) is 20.1. The van der Waals surface area contributed by atoms with Crippen LogP contribution in [0.5, 0.6) is 0 Å². The van der Waals surface area contributed by atoms with Crippen molar-refractivity contribution in [2.75, 3.05) is 26.4 Å². The summed E-state index contributed by atoms with van der Waals surface area (Å²) in [6.07, 6.45) is -12.1. The van der Waals surface area contributed by atoms with E-state index in [4.69, 9.17) is 33.2 Å². The minimum Gasteiger partial charge on any atom is -0.459 e. The third kappa shape index (κ3) is 6.96. The number of hydrogen-bond donors (Lipinski definition) is 10. The second-order valence-corrected chi connectivity index (χ2v) is 23.3. The maximum atomic E-state index is 14.3. The molecule has 10 N–H and O–H groups in total. The number of aliphatic hydroxyl groups excluding tert-OH is 9. The molecule has 18 nitrogen and oxygen atoms in total. The molecule has 4 heterocycles. The normalized spacial score (nSPS) is 57.1. The highest BCUT2D eigenvalue weighted by molar-refractivity contribution is 5.82. The molecule has 24 atom stereocenters. The van der Waals surface area contributed by atoms with Gasteiger partial charge in [-0.2, -0.15) is 0 Å². The summed E-state index contributed by atoms with van der Waals surface area (Å²) in [6.45, 7) is 11.8. The smallest absolute Gasteiger partial charge is 0.315 e. The number of ether oxygens (including phenoxy) is 7. The number of fused-ring (bicyclic) bond motifs is 5. The van der Waals surface area contributed by atoms with Gasteiger partial charge in [0.15, 0.2) is 18.9 Å². The Kier molecular flexibility index (Phi) is 12.6. The van der Waals surface area contributed by atoms with Crippen molar-refractivity contribution in [3.05, 3.63) is 0 Å². The molecule has 5 saturated carbocycles. The zero-order chi connectivity index (χ0) is 47.0. The molecule has 0 aromatic heterocycles. The number of hydrogen-bond acceptors (Lipinski definition) is 18. The van der Waals surface area contributed by atoms with Gasteiger partial charge in [-0.05, 0) is 117 Å². The highest BCUT2D eigenvalue weighted by Crippen LogP contribution is 2.80. The molecule has 9 fully saturated rings. The van der Waals surface area contributed by atoms with E-state index >= 15 is 0 Å². The van der Waals surface area contributed by atoms with Crippen molar-refractivity contribution in [2.45, 2.75) is 209 Å². The predicted molar refractivity (Wildman–Crippen MR) is 224 cm³/mol. The number of carbonyl (C=O) groups is 1. The molecule has 0 aromatic rings. The van der Waals surface area contributed by atoms with Crippen LogP contribution in [-0.4, -0.2) is 181 Å². The standard InChI is InChI=1S/C47H76O18/c1-41(2)25-11-15-46(40(57)65-41)28-9-8-27-43(4)13-7-12-42(3,26(43)10-14-44(27,5)45(28,6)16-17-47(25,46)58)21-60-39-36(64-38-34(55)30(51)23(19-49)62-38)33(54)31(52)24(63-39)20-59-37-35(56)32(53)29(50)22(18-48)61-37/h22-39,48-56,58H,7-21H2,1-6H3/t22-,23+,24-,25-,26+,27-,28+,29-,30+,31-,32+,33+,34-,35-,36-,37-,38+,39-,42-,43+,44-,45-,46-,47-/m1/s1. The monoisotopic (exact) mass is 929 g/mol. The summed E-state index contributed by atoms with van der Waals surface area (Å²) in [5.41, 5.74) is -3.57. The Hall–Kier alpha value is -1.17. The maximum Gasteiger partial charge on any atom is 0.315 e. The second kappa shape index (κ2) is 16.7. The van der Waals surface area contributed by atoms with Gasteiger partial charge in [-0.3, -0.25) is 4.79 Å². The SMILES string of the molecule is CC1(C)OC(=O)[C@]23CC[C@H]1[C@]2(O)CC[C@]1(C)[C@@H]3CC[C@@H]2[C@@]3(C)CCC[C@](C)(CO[C@@H]4O[C@H](CO[C@@H]5O[C@H](CO)[C@@H](O)[C@H](O)[C@H]5O)[C@@H](O)[C@H](O)[C@H]4O[C@@H]4O[C@@H](CO)[C@H](O)[C@H]4O)[C@@H]3CC[C@]21C. The first-order valence-electron chi connectivity index (χ1n) is 24.3. The van der Waals surface area contributed by atoms with Crippen LogP contribution in [0.2, 0.25) is 0 Å². The molecule has 0 spiro atoms. The van der Waals surface area contributed by atoms with Gasteiger partial charge < -0.3 is 84.2 Å². The van der Waals surface area contributed by atoms with E-state index in [9.17, 15) is 55.9 Å². The summed E-state index contributed by atoms with van der Waals surface area (Å²) >= 11 is 0. The van der Waals surface area contributed by atoms with Crippen molar-refractivity contribution >= 4 is 5.97 Å². The van der Waals surface area contributed by atoms with Crippen molar-refractivity contribution in [3.63, 3.8) is 0 Å². The van der Waals surface area contributed by atoms with E-state index in [-0.39, 0.29) is 46.6 Å². The molecule has 2 bridgehead atoms. The van der Waals surface area contributed by atoms with Crippen LogP contribution in [-0.2, 0) is 38.0 Å². The Morgan fingerprint density at radius 1 is 0.569 bits per heavy atom. The lowest BCUT2D eigenvalue weighted by Gasteiger charge is -2.74. The molecule has 9 rings (SSSR count). The Morgan fingerprint density at radius 3 is 1.85 bits per heavy atom. The third-order valence-electron chi connectivity index (χ3n) is 20.1. The van der Waals surface area contributed by atoms with Crippen molar-refractivity contribution in [3.8, 4) is 0 Å². The Morgan fingerprint density at radius 2 is 1.15 bits per heavy atom. The summed E-state index contributed by atoms with van der Waals surface area (Å²) < 4.78 is 42.1. The molecule has 4 saturated heterocycles. The Labute approximate surface area is 380 Å². The van der Waals surface area contributed by atoms with Gasteiger partial charge in [0.2, 0.25) is 0 Å². The summed E-state index contributed by atoms with van der Waals surface area (Å²) in [7, 11) is 0. The van der Waals surface area contributed by atoms with Crippen LogP contribution >= 0.6 is 0 Å². The van der Waals surface area contributed by atoms with E-state index in [2.05, 4.69) is 27.7 Å². The van der Waals surface area contributed by atoms with Crippen molar-refractivity contribution in [1.82, 2.24) is 0 Å². The average Bonchev–Trinajstić information content (AvgIpc) is 3.69. The van der Waals surface area contributed by atoms with Crippen LogP contribution in [0.4, 0.5) is 0 Å². The van der Waals surface area contributed by atoms with E-state index in [0.29, 0.717) is 18.8 Å². The molecule has 18 heteroatoms. The lowest BCUT2D eigenvalue weighted by atomic mass is 9.31. The van der Waals surface area contributed by atoms with E-state index in [1.165, 1.54) is 0 Å². The first-order chi connectivity index (χ1) is 30.5. The highest BCUT2D eigenvalue weighted by atomic mass is 16.8. The predicted octanol–water partition coefficient (Wildman–Crippen LogP) is -0.00760. The summed E-state index contributed by atoms with van der Waals surface area (Å²) in [6, 6.07) is 0. The summed E-state index contributed by atoms with van der Waals surface area (Å²) in [5.74, 6) is 0.201. The minimum atomic E-state index is -1.73. The van der Waals surface area contributed by atoms with Gasteiger partial charge in [0, 0.05) is 5.92 Å². The second-order valence-electron chi connectivity index (χ2n) is 23.3. The van der Waals surface area contributed by atoms with Crippen LogP contribution in [0.25, 0.3) is 0 Å². The fourth-order valence-corrected chi connectivity index (χ4v) is 16.6. The van der Waals surface area contributed by atoms with Crippen LogP contribution in [0, 0.1) is 50.7 Å². The molecule has 65 heavy (non-hydrogen) atoms. The van der Waals surface area contributed by atoms with Gasteiger partial charge in [0.1, 0.15) is 78.2 Å². The van der Waals surface area contributed by atoms with Gasteiger partial charge >= 0.3 is 5.97 Å². The van der Waals surface area contributed by atoms with Crippen LogP contribution < -0.4 is 0 Å². The van der Waals surface area contributed by atoms with Crippen molar-refractivity contribution in [1.29, 1.82) is 0 Å². The maximum absolute atomic E-state index is 14.3. The number of aliphatic hydroxyl groups is 10. The molecule has 0 radical (unpaired) electrons. The van der Waals surface area contributed by atoms with E-state index < -0.39 is 128 Å². The molecule has 0 unspecified atom stereocenters. The van der Waals surface area contributed by atoms with E-state index in [0.717, 1.165) is 57.8 Å². The number of rotatable bonds is 10. The molecular formula is C47H76O18. The van der Waals surface area contributed by atoms with Crippen LogP contribution in [0.15, 0.2) is 0 Å². The fraction of sp³-hybridized carbons (Fsp3) is 0.979. The van der Waals surface area contributed by atoms with Crippen LogP contribution in [0.1, 0.15) is 112 Å². The highest BCUT2D eigenvalue weighted by Gasteiger charge is 2.81. The lowest BCUT2D eigenvalue weighted by Crippen LogP contribution is -2.74. The Balaban J connectivity index is 0.950. The topological polar surface area (TPSA) is 284 Å². The molecule has 9 aliphatic rings. The van der Waals surface area contributed by atoms with Gasteiger partial charge in [-0.1, -0.05) is 34.1 Å². The lowest BCUT2D eigenvalue weighted by molar-refractivity contribution is -0.355. The zero-order valence-electron chi connectivity index (χ0n) is 38.7. The van der Waals surface area contributed by atoms with Crippen molar-refractivity contribution < 1.29 is 89.0 Å². The molecule has 0 aromatic carbocycles. The van der Waals surface area contributed by atoms with Gasteiger partial charge in [0.25, 0.3) is 0 Å². The first-order valence-corrected chi connectivity index (χ1v) is 24.3. The van der Waals surface area contributed by atoms with Gasteiger partial charge in [0.05, 0.1) is 32.0 Å². The molecular weight excluding hydrogens is 852 g/mol. The summed E-state index contributed by atoms with van der Waals surface area (Å²) in [4.78, 5) is 14.3. The molecule has 4 aliphatic heterocycles. The molecule has 372 valence electrons. The Bertz CT molecular complexity index is 1770. The number of cyclic esters (lactones) is 1. The quantitative estimate of drug-likeness (QED) is 0.129. The fourth-order valence-electron chi connectivity index (χ4n) is 16.6. The summed E-state index contributed by atoms with van der Waals surface area (Å²) in [5, 5.41) is 108. The van der Waals surface area contributed by atoms with Gasteiger partial charge in [-0.15, -0.1) is 0 Å². The minimum absolute atomic E-state index is 0.00186. The number of esters is 1. The number of carbonyl (C=O) groups excluding carboxylic acids is 1. The van der Waals surface area contributed by atoms with Gasteiger partial charge in [-0.25, -0.2) is 0 Å².